The minimum absolute atomic E-state index is 0.0962. The number of benzene rings is 1. The van der Waals surface area contributed by atoms with Gasteiger partial charge in [0, 0.05) is 20.0 Å². The van der Waals surface area contributed by atoms with Crippen molar-refractivity contribution in [1.29, 1.82) is 0 Å². The molecule has 1 atom stereocenters. The van der Waals surface area contributed by atoms with Gasteiger partial charge in [0.2, 0.25) is 15.9 Å². The number of carbonyl (C=O) groups is 1. The minimum Gasteiger partial charge on any atom is -0.345 e. The number of aromatic nitrogens is 3. The van der Waals surface area contributed by atoms with E-state index in [0.29, 0.717) is 0 Å². The first kappa shape index (κ1) is 19.5. The molecule has 9 heteroatoms. The Balaban J connectivity index is 1.71. The minimum atomic E-state index is -3.71. The highest BCUT2D eigenvalue weighted by Crippen LogP contribution is 2.24. The highest BCUT2D eigenvalue weighted by Gasteiger charge is 2.29. The van der Waals surface area contributed by atoms with Gasteiger partial charge in [0.05, 0.1) is 17.5 Å². The number of hydrogen-bond acceptors (Lipinski definition) is 5. The zero-order chi connectivity index (χ0) is 19.6. The number of nitrogens with one attached hydrogen (secondary N) is 1. The van der Waals surface area contributed by atoms with Gasteiger partial charge in [0.1, 0.15) is 5.82 Å². The lowest BCUT2D eigenvalue weighted by Gasteiger charge is -2.23. The Morgan fingerprint density at radius 3 is 2.63 bits per heavy atom. The highest BCUT2D eigenvalue weighted by molar-refractivity contribution is 7.89. The summed E-state index contributed by atoms with van der Waals surface area (Å²) in [6, 6.07) is 7.77. The molecular formula is C18H25N5O3S. The van der Waals surface area contributed by atoms with E-state index in [9.17, 15) is 13.2 Å². The average molecular weight is 391 g/mol. The summed E-state index contributed by atoms with van der Waals surface area (Å²) >= 11 is 0. The number of carbonyl (C=O) groups excluding carboxylic acids is 1. The topological polar surface area (TPSA) is 97.2 Å². The molecule has 0 fully saturated rings. The molecule has 1 amide bonds. The standard InChI is InChI=1S/C18H25N5O3S/c1-13(2)17(18-21-20-15-10-7-11-23(15)18)19-16(24)12-22(3)27(25,26)14-8-5-4-6-9-14/h4-6,8-9,13,17H,7,10-12H2,1-3H3,(H,19,24)/t17-/m1/s1. The maximum atomic E-state index is 12.6. The molecule has 0 bridgehead atoms. The van der Waals surface area contributed by atoms with Crippen molar-refractivity contribution in [3.8, 4) is 0 Å². The fraction of sp³-hybridized carbons (Fsp3) is 0.500. The summed E-state index contributed by atoms with van der Waals surface area (Å²) in [4.78, 5) is 12.7. The van der Waals surface area contributed by atoms with Crippen LogP contribution in [0.25, 0.3) is 0 Å². The molecule has 2 aromatic rings. The van der Waals surface area contributed by atoms with E-state index in [1.807, 2.05) is 13.8 Å². The molecule has 0 radical (unpaired) electrons. The molecule has 0 unspecified atom stereocenters. The van der Waals surface area contributed by atoms with E-state index in [4.69, 9.17) is 0 Å². The molecule has 1 aliphatic rings. The quantitative estimate of drug-likeness (QED) is 0.769. The van der Waals surface area contributed by atoms with E-state index in [1.165, 1.54) is 19.2 Å². The van der Waals surface area contributed by atoms with Gasteiger partial charge < -0.3 is 9.88 Å². The van der Waals surface area contributed by atoms with Crippen molar-refractivity contribution in [1.82, 2.24) is 24.4 Å². The van der Waals surface area contributed by atoms with Crippen molar-refractivity contribution >= 4 is 15.9 Å². The Morgan fingerprint density at radius 1 is 1.26 bits per heavy atom. The van der Waals surface area contributed by atoms with E-state index >= 15 is 0 Å². The third-order valence-corrected chi connectivity index (χ3v) is 6.53. The van der Waals surface area contributed by atoms with Gasteiger partial charge >= 0.3 is 0 Å². The van der Waals surface area contributed by atoms with Crippen LogP contribution in [0.5, 0.6) is 0 Å². The van der Waals surface area contributed by atoms with Crippen molar-refractivity contribution in [2.75, 3.05) is 13.6 Å². The predicted molar refractivity (Wildman–Crippen MR) is 100 cm³/mol. The lowest BCUT2D eigenvalue weighted by atomic mass is 10.0. The number of amides is 1. The van der Waals surface area contributed by atoms with Gasteiger partial charge in [0.15, 0.2) is 5.82 Å². The van der Waals surface area contributed by atoms with Gasteiger partial charge in [-0.15, -0.1) is 10.2 Å². The molecule has 0 saturated carbocycles. The van der Waals surface area contributed by atoms with Crippen LogP contribution in [0.3, 0.4) is 0 Å². The van der Waals surface area contributed by atoms with Crippen LogP contribution in [0.2, 0.25) is 0 Å². The maximum absolute atomic E-state index is 12.6. The van der Waals surface area contributed by atoms with Gasteiger partial charge in [0.25, 0.3) is 0 Å². The highest BCUT2D eigenvalue weighted by atomic mass is 32.2. The Bertz CT molecular complexity index is 908. The van der Waals surface area contributed by atoms with Crippen molar-refractivity contribution in [2.24, 2.45) is 5.92 Å². The van der Waals surface area contributed by atoms with E-state index < -0.39 is 10.0 Å². The zero-order valence-corrected chi connectivity index (χ0v) is 16.6. The molecule has 27 heavy (non-hydrogen) atoms. The fourth-order valence-electron chi connectivity index (χ4n) is 3.21. The number of sulfonamides is 1. The second-order valence-electron chi connectivity index (χ2n) is 7.09. The largest absolute Gasteiger partial charge is 0.345 e. The van der Waals surface area contributed by atoms with Crippen molar-refractivity contribution in [3.63, 3.8) is 0 Å². The van der Waals surface area contributed by atoms with E-state index in [2.05, 4.69) is 20.1 Å². The van der Waals surface area contributed by atoms with Gasteiger partial charge in [-0.2, -0.15) is 4.31 Å². The molecule has 1 aromatic carbocycles. The summed E-state index contributed by atoms with van der Waals surface area (Å²) < 4.78 is 28.3. The van der Waals surface area contributed by atoms with E-state index in [0.717, 1.165) is 35.3 Å². The number of fused-ring (bicyclic) bond motifs is 1. The van der Waals surface area contributed by atoms with Gasteiger partial charge in [-0.25, -0.2) is 8.42 Å². The summed E-state index contributed by atoms with van der Waals surface area (Å²) in [6.07, 6.45) is 1.92. The summed E-state index contributed by atoms with van der Waals surface area (Å²) in [5.74, 6) is 1.40. The maximum Gasteiger partial charge on any atom is 0.243 e. The summed E-state index contributed by atoms with van der Waals surface area (Å²) in [5, 5.41) is 11.4. The number of rotatable bonds is 7. The summed E-state index contributed by atoms with van der Waals surface area (Å²) in [7, 11) is -2.31. The molecule has 1 aliphatic heterocycles. The van der Waals surface area contributed by atoms with Crippen LogP contribution in [0.4, 0.5) is 0 Å². The number of nitrogens with zero attached hydrogens (tertiary/aromatic N) is 4. The second kappa shape index (κ2) is 7.77. The molecule has 0 spiro atoms. The molecule has 1 N–H and O–H groups in total. The molecule has 1 aromatic heterocycles. The molecule has 146 valence electrons. The van der Waals surface area contributed by atoms with Gasteiger partial charge in [-0.05, 0) is 24.5 Å². The van der Waals surface area contributed by atoms with Crippen molar-refractivity contribution in [3.05, 3.63) is 42.0 Å². The number of likely N-dealkylation sites (N-methyl/N-ethyl adjacent to an activating group) is 1. The van der Waals surface area contributed by atoms with Crippen molar-refractivity contribution < 1.29 is 13.2 Å². The number of aryl methyl sites for hydroxylation is 1. The molecule has 2 heterocycles. The van der Waals surface area contributed by atoms with Crippen molar-refractivity contribution in [2.45, 2.75) is 44.2 Å². The monoisotopic (exact) mass is 391 g/mol. The van der Waals surface area contributed by atoms with E-state index in [1.54, 1.807) is 18.2 Å². The van der Waals surface area contributed by atoms with Crippen LogP contribution >= 0.6 is 0 Å². The van der Waals surface area contributed by atoms with Gasteiger partial charge in [-0.1, -0.05) is 32.0 Å². The van der Waals surface area contributed by atoms with Crippen LogP contribution in [0.15, 0.2) is 35.2 Å². The Kier molecular flexibility index (Phi) is 5.61. The van der Waals surface area contributed by atoms with Crippen LogP contribution < -0.4 is 5.32 Å². The van der Waals surface area contributed by atoms with Crippen LogP contribution in [0.1, 0.15) is 38.0 Å². The Morgan fingerprint density at radius 2 is 1.96 bits per heavy atom. The van der Waals surface area contributed by atoms with Crippen LogP contribution in [-0.4, -0.2) is 47.0 Å². The van der Waals surface area contributed by atoms with Crippen LogP contribution in [0, 0.1) is 5.92 Å². The second-order valence-corrected chi connectivity index (χ2v) is 9.14. The fourth-order valence-corrected chi connectivity index (χ4v) is 4.36. The van der Waals surface area contributed by atoms with Gasteiger partial charge in [-0.3, -0.25) is 4.79 Å². The molecule has 0 saturated heterocycles. The Hall–Kier alpha value is -2.26. The third-order valence-electron chi connectivity index (χ3n) is 4.72. The zero-order valence-electron chi connectivity index (χ0n) is 15.8. The van der Waals surface area contributed by atoms with Crippen LogP contribution in [-0.2, 0) is 27.8 Å². The smallest absolute Gasteiger partial charge is 0.243 e. The Labute approximate surface area is 159 Å². The normalized spacial score (nSPS) is 15.1. The van der Waals surface area contributed by atoms with E-state index in [-0.39, 0.29) is 29.3 Å². The molecule has 0 aliphatic carbocycles. The first-order valence-electron chi connectivity index (χ1n) is 9.03. The SMILES string of the molecule is CC(C)[C@@H](NC(=O)CN(C)S(=O)(=O)c1ccccc1)c1nnc2n1CCC2. The molecule has 8 nitrogen and oxygen atoms in total. The predicted octanol–water partition coefficient (Wildman–Crippen LogP) is 1.36. The first-order valence-corrected chi connectivity index (χ1v) is 10.5. The first-order chi connectivity index (χ1) is 12.8. The number of hydrogen-bond donors (Lipinski definition) is 1. The third kappa shape index (κ3) is 4.03. The lowest BCUT2D eigenvalue weighted by molar-refractivity contribution is -0.122. The molecular weight excluding hydrogens is 366 g/mol. The molecule has 3 rings (SSSR count). The summed E-state index contributed by atoms with van der Waals surface area (Å²) in [6.45, 7) is 4.57. The summed E-state index contributed by atoms with van der Waals surface area (Å²) in [5.41, 5.74) is 0. The average Bonchev–Trinajstić information content (AvgIpc) is 3.24. The lowest BCUT2D eigenvalue weighted by Crippen LogP contribution is -2.41.